The predicted molar refractivity (Wildman–Crippen MR) is 67.0 cm³/mol. The number of amides is 1. The molecule has 96 valence electrons. The third kappa shape index (κ3) is 3.06. The molecule has 0 radical (unpaired) electrons. The first-order chi connectivity index (χ1) is 8.01. The molecule has 0 aliphatic heterocycles. The Kier molecular flexibility index (Phi) is 4.69. The van der Waals surface area contributed by atoms with Gasteiger partial charge in [-0.3, -0.25) is 15.0 Å². The fourth-order valence-corrected chi connectivity index (χ4v) is 1.69. The maximum absolute atomic E-state index is 12.0. The minimum atomic E-state index is -0.171. The molecule has 0 aliphatic rings. The van der Waals surface area contributed by atoms with E-state index in [-0.39, 0.29) is 11.9 Å². The van der Waals surface area contributed by atoms with Gasteiger partial charge in [0.25, 0.3) is 0 Å². The molecule has 1 rings (SSSR count). The molecule has 0 spiro atoms. The summed E-state index contributed by atoms with van der Waals surface area (Å²) in [5, 5.41) is 6.58. The van der Waals surface area contributed by atoms with Crippen LogP contribution in [0.4, 0.5) is 5.88 Å². The molecule has 1 amide bonds. The van der Waals surface area contributed by atoms with Crippen molar-refractivity contribution in [3.8, 4) is 0 Å². The number of likely N-dealkylation sites (N-methyl/N-ethyl adjacent to an activating group) is 1. The van der Waals surface area contributed by atoms with Gasteiger partial charge in [0.15, 0.2) is 0 Å². The topological polar surface area (TPSA) is 58.4 Å². The van der Waals surface area contributed by atoms with Crippen LogP contribution < -0.4 is 5.32 Å². The second-order valence-electron chi connectivity index (χ2n) is 4.11. The van der Waals surface area contributed by atoms with Gasteiger partial charge in [-0.1, -0.05) is 19.0 Å². The van der Waals surface area contributed by atoms with Crippen molar-refractivity contribution in [2.75, 3.05) is 18.4 Å². The number of rotatable bonds is 5. The van der Waals surface area contributed by atoms with Gasteiger partial charge in [-0.05, 0) is 33.9 Å². The standard InChI is InChI=1S/C12H21N3O2/c1-6-15(7-2)10(5)11(16)13-12-8(3)9(4)14-17-12/h10H,6-7H2,1-5H3,(H,13,16). The first kappa shape index (κ1) is 13.7. The Labute approximate surface area is 102 Å². The van der Waals surface area contributed by atoms with Gasteiger partial charge in [-0.2, -0.15) is 0 Å². The van der Waals surface area contributed by atoms with E-state index in [1.54, 1.807) is 0 Å². The van der Waals surface area contributed by atoms with Crippen molar-refractivity contribution in [2.24, 2.45) is 0 Å². The van der Waals surface area contributed by atoms with Crippen LogP contribution in [0.15, 0.2) is 4.52 Å². The van der Waals surface area contributed by atoms with Crippen molar-refractivity contribution in [2.45, 2.75) is 40.7 Å². The molecular formula is C12H21N3O2. The van der Waals surface area contributed by atoms with E-state index < -0.39 is 0 Å². The number of carbonyl (C=O) groups excluding carboxylic acids is 1. The van der Waals surface area contributed by atoms with Crippen LogP contribution in [0.3, 0.4) is 0 Å². The average Bonchev–Trinajstić information content (AvgIpc) is 2.62. The monoisotopic (exact) mass is 239 g/mol. The molecule has 5 nitrogen and oxygen atoms in total. The van der Waals surface area contributed by atoms with Crippen LogP contribution in [-0.2, 0) is 4.79 Å². The summed E-state index contributed by atoms with van der Waals surface area (Å²) in [5.74, 6) is 0.388. The molecular weight excluding hydrogens is 218 g/mol. The van der Waals surface area contributed by atoms with Gasteiger partial charge in [0.1, 0.15) is 0 Å². The summed E-state index contributed by atoms with van der Waals surface area (Å²) >= 11 is 0. The Balaban J connectivity index is 2.69. The predicted octanol–water partition coefficient (Wildman–Crippen LogP) is 1.96. The summed E-state index contributed by atoms with van der Waals surface area (Å²) in [6, 6.07) is -0.171. The van der Waals surface area contributed by atoms with E-state index in [0.717, 1.165) is 24.3 Å². The van der Waals surface area contributed by atoms with Crippen LogP contribution in [0, 0.1) is 13.8 Å². The molecule has 1 N–H and O–H groups in total. The van der Waals surface area contributed by atoms with Crippen molar-refractivity contribution < 1.29 is 9.32 Å². The van der Waals surface area contributed by atoms with Crippen LogP contribution >= 0.6 is 0 Å². The number of anilines is 1. The highest BCUT2D eigenvalue weighted by Gasteiger charge is 2.21. The summed E-state index contributed by atoms with van der Waals surface area (Å²) in [6.45, 7) is 11.4. The third-order valence-corrected chi connectivity index (χ3v) is 3.13. The molecule has 0 aliphatic carbocycles. The normalized spacial score (nSPS) is 12.8. The van der Waals surface area contributed by atoms with E-state index in [4.69, 9.17) is 4.52 Å². The zero-order chi connectivity index (χ0) is 13.0. The van der Waals surface area contributed by atoms with Crippen LogP contribution in [0.1, 0.15) is 32.0 Å². The first-order valence-electron chi connectivity index (χ1n) is 5.99. The lowest BCUT2D eigenvalue weighted by molar-refractivity contribution is -0.120. The van der Waals surface area contributed by atoms with Gasteiger partial charge in [0, 0.05) is 5.56 Å². The number of hydrogen-bond donors (Lipinski definition) is 1. The summed E-state index contributed by atoms with van der Waals surface area (Å²) in [6.07, 6.45) is 0. The lowest BCUT2D eigenvalue weighted by Crippen LogP contribution is -2.41. The van der Waals surface area contributed by atoms with E-state index in [9.17, 15) is 4.79 Å². The molecule has 0 saturated carbocycles. The van der Waals surface area contributed by atoms with Crippen molar-refractivity contribution in [3.63, 3.8) is 0 Å². The number of aromatic nitrogens is 1. The number of carbonyl (C=O) groups is 1. The van der Waals surface area contributed by atoms with Gasteiger partial charge in [-0.15, -0.1) is 0 Å². The van der Waals surface area contributed by atoms with Crippen molar-refractivity contribution >= 4 is 11.8 Å². The number of nitrogens with zero attached hydrogens (tertiary/aromatic N) is 2. The minimum absolute atomic E-state index is 0.0621. The van der Waals surface area contributed by atoms with E-state index in [2.05, 4.69) is 15.4 Å². The first-order valence-corrected chi connectivity index (χ1v) is 5.99. The Morgan fingerprint density at radius 1 is 1.41 bits per heavy atom. The molecule has 1 aromatic rings. The third-order valence-electron chi connectivity index (χ3n) is 3.13. The Bertz CT molecular complexity index is 383. The maximum Gasteiger partial charge on any atom is 0.243 e. The molecule has 17 heavy (non-hydrogen) atoms. The second kappa shape index (κ2) is 5.82. The zero-order valence-electron chi connectivity index (χ0n) is 11.2. The van der Waals surface area contributed by atoms with Crippen molar-refractivity contribution in [1.29, 1.82) is 0 Å². The Morgan fingerprint density at radius 3 is 2.41 bits per heavy atom. The van der Waals surface area contributed by atoms with Gasteiger partial charge in [0.2, 0.25) is 11.8 Å². The van der Waals surface area contributed by atoms with E-state index in [1.807, 2.05) is 34.6 Å². The van der Waals surface area contributed by atoms with Crippen LogP contribution in [-0.4, -0.2) is 35.1 Å². The zero-order valence-corrected chi connectivity index (χ0v) is 11.2. The van der Waals surface area contributed by atoms with Gasteiger partial charge in [0.05, 0.1) is 11.7 Å². The molecule has 1 atom stereocenters. The quantitative estimate of drug-likeness (QED) is 0.853. The Morgan fingerprint density at radius 2 is 2.00 bits per heavy atom. The number of hydrogen-bond acceptors (Lipinski definition) is 4. The molecule has 1 aromatic heterocycles. The summed E-state index contributed by atoms with van der Waals surface area (Å²) in [7, 11) is 0. The van der Waals surface area contributed by atoms with Crippen LogP contribution in [0.25, 0.3) is 0 Å². The van der Waals surface area contributed by atoms with Gasteiger partial charge >= 0.3 is 0 Å². The molecule has 0 saturated heterocycles. The lowest BCUT2D eigenvalue weighted by Gasteiger charge is -2.24. The van der Waals surface area contributed by atoms with E-state index >= 15 is 0 Å². The minimum Gasteiger partial charge on any atom is -0.338 e. The smallest absolute Gasteiger partial charge is 0.243 e. The molecule has 0 fully saturated rings. The summed E-state index contributed by atoms with van der Waals surface area (Å²) in [4.78, 5) is 14.1. The SMILES string of the molecule is CCN(CC)C(C)C(=O)Nc1onc(C)c1C. The van der Waals surface area contributed by atoms with Crippen molar-refractivity contribution in [3.05, 3.63) is 11.3 Å². The second-order valence-corrected chi connectivity index (χ2v) is 4.11. The summed E-state index contributed by atoms with van der Waals surface area (Å²) in [5.41, 5.74) is 1.68. The molecule has 1 heterocycles. The Hall–Kier alpha value is -1.36. The van der Waals surface area contributed by atoms with Crippen LogP contribution in [0.5, 0.6) is 0 Å². The molecule has 0 bridgehead atoms. The molecule has 5 heteroatoms. The van der Waals surface area contributed by atoms with Crippen molar-refractivity contribution in [1.82, 2.24) is 10.1 Å². The largest absolute Gasteiger partial charge is 0.338 e. The van der Waals surface area contributed by atoms with Crippen LogP contribution in [0.2, 0.25) is 0 Å². The highest BCUT2D eigenvalue weighted by atomic mass is 16.5. The fraction of sp³-hybridized carbons (Fsp3) is 0.667. The highest BCUT2D eigenvalue weighted by Crippen LogP contribution is 2.17. The lowest BCUT2D eigenvalue weighted by atomic mass is 10.2. The van der Waals surface area contributed by atoms with E-state index in [1.165, 1.54) is 0 Å². The van der Waals surface area contributed by atoms with E-state index in [0.29, 0.717) is 5.88 Å². The number of nitrogens with one attached hydrogen (secondary N) is 1. The van der Waals surface area contributed by atoms with Gasteiger partial charge < -0.3 is 4.52 Å². The molecule has 1 unspecified atom stereocenters. The maximum atomic E-state index is 12.0. The highest BCUT2D eigenvalue weighted by molar-refractivity contribution is 5.93. The van der Waals surface area contributed by atoms with Gasteiger partial charge in [-0.25, -0.2) is 0 Å². The molecule has 0 aromatic carbocycles. The fourth-order valence-electron chi connectivity index (χ4n) is 1.69. The summed E-state index contributed by atoms with van der Waals surface area (Å²) < 4.78 is 5.06. The number of aryl methyl sites for hydroxylation is 1. The average molecular weight is 239 g/mol.